The molecular formula is C25H32ClFN2O3. The third kappa shape index (κ3) is 7.52. The summed E-state index contributed by atoms with van der Waals surface area (Å²) in [5.41, 5.74) is 1.68. The maximum atomic E-state index is 13.6. The van der Waals surface area contributed by atoms with Crippen LogP contribution in [0.1, 0.15) is 38.3 Å². The van der Waals surface area contributed by atoms with Gasteiger partial charge in [0.05, 0.1) is 18.6 Å². The van der Waals surface area contributed by atoms with Crippen molar-refractivity contribution >= 4 is 23.4 Å². The summed E-state index contributed by atoms with van der Waals surface area (Å²) in [4.78, 5) is 27.5. The first kappa shape index (κ1) is 25.7. The summed E-state index contributed by atoms with van der Waals surface area (Å²) in [5.74, 6) is -0.0686. The Morgan fingerprint density at radius 2 is 1.78 bits per heavy atom. The van der Waals surface area contributed by atoms with Crippen LogP contribution in [-0.2, 0) is 22.4 Å². The van der Waals surface area contributed by atoms with Crippen molar-refractivity contribution in [1.29, 1.82) is 0 Å². The highest BCUT2D eigenvalue weighted by Crippen LogP contribution is 2.17. The molecule has 2 aromatic carbocycles. The minimum Gasteiger partial charge on any atom is -0.497 e. The van der Waals surface area contributed by atoms with Crippen molar-refractivity contribution in [3.05, 3.63) is 64.4 Å². The molecule has 0 saturated carbocycles. The van der Waals surface area contributed by atoms with Gasteiger partial charge in [0.15, 0.2) is 0 Å². The van der Waals surface area contributed by atoms with Crippen molar-refractivity contribution in [2.75, 3.05) is 20.2 Å². The highest BCUT2D eigenvalue weighted by molar-refractivity contribution is 6.30. The lowest BCUT2D eigenvalue weighted by molar-refractivity contribution is -0.137. The van der Waals surface area contributed by atoms with Crippen molar-refractivity contribution in [3.63, 3.8) is 0 Å². The minimum atomic E-state index is -0.603. The molecule has 0 bridgehead atoms. The van der Waals surface area contributed by atoms with Crippen molar-refractivity contribution < 1.29 is 18.7 Å². The molecule has 5 nitrogen and oxygen atoms in total. The number of nitrogens with zero attached hydrogens (tertiary/aromatic N) is 1. The Bertz CT molecular complexity index is 903. The molecule has 0 aliphatic heterocycles. The Morgan fingerprint density at radius 1 is 1.12 bits per heavy atom. The fourth-order valence-electron chi connectivity index (χ4n) is 3.46. The Morgan fingerprint density at radius 3 is 2.34 bits per heavy atom. The molecule has 2 rings (SSSR count). The van der Waals surface area contributed by atoms with Gasteiger partial charge >= 0.3 is 0 Å². The molecule has 0 unspecified atom stereocenters. The van der Waals surface area contributed by atoms with Crippen LogP contribution in [0.15, 0.2) is 42.5 Å². The van der Waals surface area contributed by atoms with Gasteiger partial charge < -0.3 is 15.0 Å². The van der Waals surface area contributed by atoms with Gasteiger partial charge in [-0.05, 0) is 61.1 Å². The van der Waals surface area contributed by atoms with Gasteiger partial charge in [-0.2, -0.15) is 0 Å². The Kier molecular flexibility index (Phi) is 9.97. The van der Waals surface area contributed by atoms with E-state index in [1.165, 1.54) is 6.07 Å². The number of aryl methyl sites for hydroxylation is 1. The van der Waals surface area contributed by atoms with Crippen LogP contribution in [-0.4, -0.2) is 43.0 Å². The smallest absolute Gasteiger partial charge is 0.245 e. The molecule has 0 aromatic heterocycles. The lowest BCUT2D eigenvalue weighted by Gasteiger charge is -2.29. The first-order valence-electron chi connectivity index (χ1n) is 10.9. The standard InChI is InChI=1S/C25H32ClFN2O3/c1-5-29(14-6-7-18-10-13-21(26)22(27)15-18)25(31)24(17(2)3)28-23(30)16-19-8-11-20(32-4)12-9-19/h8-13,15,17,24H,5-7,14,16H2,1-4H3,(H,28,30)/t24-/m1/s1. The van der Waals surface area contributed by atoms with E-state index in [4.69, 9.17) is 16.3 Å². The molecule has 0 heterocycles. The van der Waals surface area contributed by atoms with Gasteiger partial charge in [-0.15, -0.1) is 0 Å². The second kappa shape index (κ2) is 12.4. The number of carbonyl (C=O) groups is 2. The number of hydrogen-bond acceptors (Lipinski definition) is 3. The predicted octanol–water partition coefficient (Wildman–Crippen LogP) is 4.65. The first-order valence-corrected chi connectivity index (χ1v) is 11.3. The zero-order chi connectivity index (χ0) is 23.7. The molecule has 0 radical (unpaired) electrons. The summed E-state index contributed by atoms with van der Waals surface area (Å²) < 4.78 is 18.8. The predicted molar refractivity (Wildman–Crippen MR) is 125 cm³/mol. The third-order valence-corrected chi connectivity index (χ3v) is 5.65. The molecule has 1 atom stereocenters. The van der Waals surface area contributed by atoms with Gasteiger partial charge in [0.2, 0.25) is 11.8 Å². The van der Waals surface area contributed by atoms with Crippen LogP contribution >= 0.6 is 11.6 Å². The zero-order valence-corrected chi connectivity index (χ0v) is 19.9. The number of likely N-dealkylation sites (N-methyl/N-ethyl adjacent to an activating group) is 1. The molecule has 0 aliphatic carbocycles. The number of carbonyl (C=O) groups excluding carboxylic acids is 2. The van der Waals surface area contributed by atoms with Gasteiger partial charge in [-0.1, -0.05) is 43.6 Å². The highest BCUT2D eigenvalue weighted by Gasteiger charge is 2.27. The lowest BCUT2D eigenvalue weighted by Crippen LogP contribution is -2.51. The minimum absolute atomic E-state index is 0.0540. The number of hydrogen-bond donors (Lipinski definition) is 1. The molecule has 7 heteroatoms. The fraction of sp³-hybridized carbons (Fsp3) is 0.440. The number of ether oxygens (including phenoxy) is 1. The fourth-order valence-corrected chi connectivity index (χ4v) is 3.57. The van der Waals surface area contributed by atoms with Crippen molar-refractivity contribution in [2.45, 2.75) is 46.1 Å². The number of rotatable bonds is 11. The second-order valence-electron chi connectivity index (χ2n) is 8.08. The van der Waals surface area contributed by atoms with Crippen LogP contribution in [0.25, 0.3) is 0 Å². The number of amides is 2. The topological polar surface area (TPSA) is 58.6 Å². The van der Waals surface area contributed by atoms with E-state index in [0.29, 0.717) is 25.9 Å². The Balaban J connectivity index is 1.94. The number of methoxy groups -OCH3 is 1. The molecular weight excluding hydrogens is 431 g/mol. The summed E-state index contributed by atoms with van der Waals surface area (Å²) in [6, 6.07) is 11.4. The second-order valence-corrected chi connectivity index (χ2v) is 8.49. The normalized spacial score (nSPS) is 11.8. The molecule has 32 heavy (non-hydrogen) atoms. The average Bonchev–Trinajstić information content (AvgIpc) is 2.77. The van der Waals surface area contributed by atoms with Gasteiger partial charge in [-0.25, -0.2) is 4.39 Å². The van der Waals surface area contributed by atoms with E-state index in [1.807, 2.05) is 32.9 Å². The van der Waals surface area contributed by atoms with Gasteiger partial charge in [0, 0.05) is 13.1 Å². The molecule has 2 amide bonds. The van der Waals surface area contributed by atoms with E-state index in [9.17, 15) is 14.0 Å². The quantitative estimate of drug-likeness (QED) is 0.528. The van der Waals surface area contributed by atoms with Crippen LogP contribution in [0, 0.1) is 11.7 Å². The van der Waals surface area contributed by atoms with Crippen LogP contribution < -0.4 is 10.1 Å². The van der Waals surface area contributed by atoms with Crippen LogP contribution in [0.4, 0.5) is 4.39 Å². The maximum Gasteiger partial charge on any atom is 0.245 e. The van der Waals surface area contributed by atoms with E-state index in [0.717, 1.165) is 16.9 Å². The number of nitrogens with one attached hydrogen (secondary N) is 1. The van der Waals surface area contributed by atoms with E-state index < -0.39 is 11.9 Å². The zero-order valence-electron chi connectivity index (χ0n) is 19.2. The molecule has 1 N–H and O–H groups in total. The van der Waals surface area contributed by atoms with E-state index in [1.54, 1.807) is 36.3 Å². The number of benzene rings is 2. The van der Waals surface area contributed by atoms with Gasteiger partial charge in [0.25, 0.3) is 0 Å². The Hall–Kier alpha value is -2.60. The molecule has 2 aromatic rings. The maximum absolute atomic E-state index is 13.6. The van der Waals surface area contributed by atoms with Crippen molar-refractivity contribution in [2.24, 2.45) is 5.92 Å². The third-order valence-electron chi connectivity index (χ3n) is 5.34. The van der Waals surface area contributed by atoms with Crippen LogP contribution in [0.2, 0.25) is 5.02 Å². The van der Waals surface area contributed by atoms with Gasteiger partial charge in [-0.3, -0.25) is 9.59 Å². The first-order chi connectivity index (χ1) is 15.2. The van der Waals surface area contributed by atoms with Crippen molar-refractivity contribution in [1.82, 2.24) is 10.2 Å². The molecule has 0 aliphatic rings. The average molecular weight is 463 g/mol. The summed E-state index contributed by atoms with van der Waals surface area (Å²) in [5, 5.41) is 3.01. The summed E-state index contributed by atoms with van der Waals surface area (Å²) >= 11 is 5.73. The van der Waals surface area contributed by atoms with E-state index >= 15 is 0 Å². The summed E-state index contributed by atoms with van der Waals surface area (Å²) in [6.45, 7) is 6.81. The summed E-state index contributed by atoms with van der Waals surface area (Å²) in [6.07, 6.45) is 1.51. The lowest BCUT2D eigenvalue weighted by atomic mass is 10.0. The van der Waals surface area contributed by atoms with E-state index in [-0.39, 0.29) is 29.2 Å². The Labute approximate surface area is 194 Å². The van der Waals surface area contributed by atoms with Crippen LogP contribution in [0.5, 0.6) is 5.75 Å². The van der Waals surface area contributed by atoms with E-state index in [2.05, 4.69) is 5.32 Å². The number of halogens is 2. The monoisotopic (exact) mass is 462 g/mol. The SMILES string of the molecule is CCN(CCCc1ccc(Cl)c(F)c1)C(=O)[C@H](NC(=O)Cc1ccc(OC)cc1)C(C)C. The molecule has 0 saturated heterocycles. The molecule has 0 spiro atoms. The highest BCUT2D eigenvalue weighted by atomic mass is 35.5. The summed E-state index contributed by atoms with van der Waals surface area (Å²) in [7, 11) is 1.59. The largest absolute Gasteiger partial charge is 0.497 e. The molecule has 0 fully saturated rings. The molecule has 174 valence electrons. The van der Waals surface area contributed by atoms with Crippen LogP contribution in [0.3, 0.4) is 0 Å². The van der Waals surface area contributed by atoms with Gasteiger partial charge in [0.1, 0.15) is 17.6 Å². The van der Waals surface area contributed by atoms with Crippen molar-refractivity contribution in [3.8, 4) is 5.75 Å².